The maximum Gasteiger partial charge on any atom is 0.0798 e. The van der Waals surface area contributed by atoms with Crippen molar-refractivity contribution >= 4 is 23.1 Å². The molecule has 1 N–H and O–H groups in total. The van der Waals surface area contributed by atoms with Crippen LogP contribution in [-0.2, 0) is 0 Å². The average Bonchev–Trinajstić information content (AvgIpc) is 2.63. The molecule has 1 aliphatic carbocycles. The highest BCUT2D eigenvalue weighted by Crippen LogP contribution is 2.42. The molecule has 90 valence electrons. The number of nitrogens with one attached hydrogen (secondary N) is 1. The van der Waals surface area contributed by atoms with Crippen molar-refractivity contribution in [1.82, 2.24) is 10.3 Å². The van der Waals surface area contributed by atoms with E-state index >= 15 is 0 Å². The molecule has 1 aliphatic rings. The lowest BCUT2D eigenvalue weighted by Crippen LogP contribution is -2.43. The third-order valence-electron chi connectivity index (χ3n) is 3.60. The third-order valence-corrected chi connectivity index (χ3v) is 6.14. The first-order chi connectivity index (χ1) is 7.67. The van der Waals surface area contributed by atoms with Gasteiger partial charge in [0.2, 0.25) is 0 Å². The summed E-state index contributed by atoms with van der Waals surface area (Å²) in [5.41, 5.74) is 3.12. The largest absolute Gasteiger partial charge is 0.308 e. The third kappa shape index (κ3) is 2.44. The molecule has 1 fully saturated rings. The molecule has 1 atom stereocenters. The molecule has 2 rings (SSSR count). The number of aromatic nitrogens is 1. The minimum atomic E-state index is 0.442. The summed E-state index contributed by atoms with van der Waals surface area (Å²) >= 11 is 3.79. The molecule has 2 nitrogen and oxygen atoms in total. The van der Waals surface area contributed by atoms with Gasteiger partial charge in [0, 0.05) is 22.2 Å². The lowest BCUT2D eigenvalue weighted by molar-refractivity contribution is 0.335. The van der Waals surface area contributed by atoms with E-state index in [4.69, 9.17) is 0 Å². The Labute approximate surface area is 106 Å². The predicted octanol–water partition coefficient (Wildman–Crippen LogP) is 3.39. The highest BCUT2D eigenvalue weighted by Gasteiger charge is 2.36. The zero-order valence-electron chi connectivity index (χ0n) is 10.2. The fraction of sp³-hybridized carbons (Fsp3) is 0.750. The average molecular weight is 256 g/mol. The number of aryl methyl sites for hydroxylation is 1. The Morgan fingerprint density at radius 3 is 2.81 bits per heavy atom. The van der Waals surface area contributed by atoms with Crippen LogP contribution in [0.1, 0.15) is 42.8 Å². The minimum Gasteiger partial charge on any atom is -0.308 e. The van der Waals surface area contributed by atoms with Gasteiger partial charge >= 0.3 is 0 Å². The molecule has 1 aromatic rings. The van der Waals surface area contributed by atoms with E-state index in [9.17, 15) is 0 Å². The Kier molecular flexibility index (Phi) is 3.93. The summed E-state index contributed by atoms with van der Waals surface area (Å²) in [6, 6.07) is 0.442. The highest BCUT2D eigenvalue weighted by atomic mass is 32.2. The zero-order chi connectivity index (χ0) is 11.6. The lowest BCUT2D eigenvalue weighted by atomic mass is 9.84. The van der Waals surface area contributed by atoms with Crippen molar-refractivity contribution < 1.29 is 0 Å². The van der Waals surface area contributed by atoms with Crippen molar-refractivity contribution in [2.75, 3.05) is 12.8 Å². The van der Waals surface area contributed by atoms with E-state index in [2.05, 4.69) is 30.4 Å². The Morgan fingerprint density at radius 2 is 2.38 bits per heavy atom. The minimum absolute atomic E-state index is 0.442. The van der Waals surface area contributed by atoms with Crippen molar-refractivity contribution in [3.63, 3.8) is 0 Å². The number of hydrogen-bond donors (Lipinski definition) is 1. The van der Waals surface area contributed by atoms with E-state index in [1.165, 1.54) is 29.8 Å². The van der Waals surface area contributed by atoms with Gasteiger partial charge in [-0.3, -0.25) is 0 Å². The second-order valence-corrected chi connectivity index (χ2v) is 6.81. The summed E-state index contributed by atoms with van der Waals surface area (Å²) in [4.78, 5) is 5.69. The van der Waals surface area contributed by atoms with Gasteiger partial charge in [-0.25, -0.2) is 4.98 Å². The predicted molar refractivity (Wildman–Crippen MR) is 73.4 cm³/mol. The van der Waals surface area contributed by atoms with Gasteiger partial charge in [-0.05, 0) is 32.9 Å². The van der Waals surface area contributed by atoms with Gasteiger partial charge in [-0.2, -0.15) is 11.8 Å². The normalized spacial score (nSPS) is 20.4. The van der Waals surface area contributed by atoms with Crippen LogP contribution in [0.15, 0.2) is 5.51 Å². The van der Waals surface area contributed by atoms with E-state index in [1.54, 1.807) is 11.3 Å². The van der Waals surface area contributed by atoms with Gasteiger partial charge in [0.1, 0.15) is 0 Å². The molecule has 0 spiro atoms. The maximum absolute atomic E-state index is 4.31. The van der Waals surface area contributed by atoms with Gasteiger partial charge in [0.05, 0.1) is 11.2 Å². The number of nitrogens with zero attached hydrogens (tertiary/aromatic N) is 1. The summed E-state index contributed by atoms with van der Waals surface area (Å²) < 4.78 is 0.521. The Morgan fingerprint density at radius 1 is 1.62 bits per heavy atom. The summed E-state index contributed by atoms with van der Waals surface area (Å²) in [6.07, 6.45) is 6.38. The van der Waals surface area contributed by atoms with Crippen LogP contribution in [0.4, 0.5) is 0 Å². The topological polar surface area (TPSA) is 24.9 Å². The van der Waals surface area contributed by atoms with Gasteiger partial charge in [-0.1, -0.05) is 6.42 Å². The van der Waals surface area contributed by atoms with Crippen LogP contribution in [0.3, 0.4) is 0 Å². The quantitative estimate of drug-likeness (QED) is 0.874. The molecular formula is C12H20N2S2. The van der Waals surface area contributed by atoms with Crippen LogP contribution in [0.25, 0.3) is 0 Å². The van der Waals surface area contributed by atoms with Crippen molar-refractivity contribution in [2.45, 2.75) is 43.9 Å². The maximum atomic E-state index is 4.31. The molecule has 1 saturated carbocycles. The second-order valence-electron chi connectivity index (χ2n) is 4.65. The molecule has 0 bridgehead atoms. The molecule has 1 heterocycles. The fourth-order valence-corrected chi connectivity index (χ4v) is 3.94. The van der Waals surface area contributed by atoms with Crippen molar-refractivity contribution in [1.29, 1.82) is 0 Å². The highest BCUT2D eigenvalue weighted by molar-refractivity contribution is 8.00. The van der Waals surface area contributed by atoms with Crippen LogP contribution in [0.5, 0.6) is 0 Å². The molecule has 4 heteroatoms. The molecule has 1 aromatic heterocycles. The lowest BCUT2D eigenvalue weighted by Gasteiger charge is -2.41. The second kappa shape index (κ2) is 5.07. The summed E-state index contributed by atoms with van der Waals surface area (Å²) in [5.74, 6) is 0. The van der Waals surface area contributed by atoms with Crippen molar-refractivity contribution in [3.8, 4) is 0 Å². The summed E-state index contributed by atoms with van der Waals surface area (Å²) in [5, 5.41) is 3.67. The van der Waals surface area contributed by atoms with Crippen LogP contribution >= 0.6 is 23.1 Å². The smallest absolute Gasteiger partial charge is 0.0798 e. The van der Waals surface area contributed by atoms with Gasteiger partial charge in [0.25, 0.3) is 0 Å². The van der Waals surface area contributed by atoms with Crippen LogP contribution in [0.2, 0.25) is 0 Å². The summed E-state index contributed by atoms with van der Waals surface area (Å²) in [7, 11) is 0. The molecule has 0 saturated heterocycles. The van der Waals surface area contributed by atoms with E-state index in [1.807, 2.05) is 17.3 Å². The number of hydrogen-bond acceptors (Lipinski definition) is 4. The molecule has 0 amide bonds. The first kappa shape index (κ1) is 12.4. The van der Waals surface area contributed by atoms with E-state index in [0.29, 0.717) is 10.8 Å². The Balaban J connectivity index is 1.88. The Hall–Kier alpha value is -0.0600. The number of thioether (sulfide) groups is 1. The van der Waals surface area contributed by atoms with Gasteiger partial charge in [0.15, 0.2) is 0 Å². The Bertz CT molecular complexity index is 339. The van der Waals surface area contributed by atoms with Gasteiger partial charge < -0.3 is 5.32 Å². The van der Waals surface area contributed by atoms with Crippen LogP contribution in [-0.4, -0.2) is 22.5 Å². The SMILES string of the molecule is CSC1(CNC(C)c2scnc2C)CCC1. The number of thiazole rings is 1. The summed E-state index contributed by atoms with van der Waals surface area (Å²) in [6.45, 7) is 5.47. The first-order valence-electron chi connectivity index (χ1n) is 5.85. The molecule has 0 radical (unpaired) electrons. The van der Waals surface area contributed by atoms with E-state index < -0.39 is 0 Å². The standard InChI is InChI=1S/C12H20N2S2/c1-9(11-10(2)14-8-16-11)13-7-12(15-3)5-4-6-12/h8-9,13H,4-7H2,1-3H3. The monoisotopic (exact) mass is 256 g/mol. The molecule has 0 aliphatic heterocycles. The number of rotatable bonds is 5. The van der Waals surface area contributed by atoms with E-state index in [-0.39, 0.29) is 0 Å². The van der Waals surface area contributed by atoms with Gasteiger partial charge in [-0.15, -0.1) is 11.3 Å². The molecule has 0 aromatic carbocycles. The molecule has 16 heavy (non-hydrogen) atoms. The molecule has 1 unspecified atom stereocenters. The molecular weight excluding hydrogens is 236 g/mol. The fourth-order valence-electron chi connectivity index (χ4n) is 2.18. The van der Waals surface area contributed by atoms with Crippen LogP contribution < -0.4 is 5.32 Å². The first-order valence-corrected chi connectivity index (χ1v) is 7.96. The van der Waals surface area contributed by atoms with Crippen molar-refractivity contribution in [3.05, 3.63) is 16.1 Å². The van der Waals surface area contributed by atoms with Crippen LogP contribution in [0, 0.1) is 6.92 Å². The van der Waals surface area contributed by atoms with Crippen molar-refractivity contribution in [2.24, 2.45) is 0 Å². The van der Waals surface area contributed by atoms with E-state index in [0.717, 1.165) is 6.54 Å². The zero-order valence-corrected chi connectivity index (χ0v) is 11.9.